The number of aliphatic hydroxyl groups is 1. The maximum atomic E-state index is 12.0. The van der Waals surface area contributed by atoms with Crippen molar-refractivity contribution >= 4 is 6.03 Å². The summed E-state index contributed by atoms with van der Waals surface area (Å²) >= 11 is 0. The zero-order valence-corrected chi connectivity index (χ0v) is 13.6. The number of rotatable bonds is 6. The lowest BCUT2D eigenvalue weighted by atomic mass is 10.1. The van der Waals surface area contributed by atoms with E-state index in [4.69, 9.17) is 9.52 Å². The Kier molecular flexibility index (Phi) is 5.76. The van der Waals surface area contributed by atoms with Gasteiger partial charge in [-0.2, -0.15) is 0 Å². The van der Waals surface area contributed by atoms with Crippen molar-refractivity contribution in [2.75, 3.05) is 6.61 Å². The average Bonchev–Trinajstić information content (AvgIpc) is 3.04. The van der Waals surface area contributed by atoms with E-state index < -0.39 is 0 Å². The Morgan fingerprint density at radius 3 is 2.57 bits per heavy atom. The Morgan fingerprint density at radius 1 is 1.22 bits per heavy atom. The van der Waals surface area contributed by atoms with Gasteiger partial charge in [0.15, 0.2) is 5.76 Å². The van der Waals surface area contributed by atoms with Gasteiger partial charge in [-0.3, -0.25) is 0 Å². The normalized spacial score (nSPS) is 14.8. The molecule has 1 aromatic heterocycles. The zero-order chi connectivity index (χ0) is 16.8. The lowest BCUT2D eigenvalue weighted by molar-refractivity contribution is 0.198. The summed E-state index contributed by atoms with van der Waals surface area (Å²) in [4.78, 5) is 16.2. The number of carbonyl (C=O) groups is 1. The molecule has 3 N–H and O–H groups in total. The number of hydrogen-bond acceptors (Lipinski definition) is 4. The number of hydrogen-bond donors (Lipinski definition) is 3. The number of benzene rings is 1. The first kappa shape index (κ1) is 17.0. The minimum absolute atomic E-state index is 0.0116. The molecule has 2 amide bonds. The van der Waals surface area contributed by atoms with E-state index >= 15 is 0 Å². The molecular formula is C17H23N3O3. The summed E-state index contributed by atoms with van der Waals surface area (Å²) in [7, 11) is 0. The van der Waals surface area contributed by atoms with Gasteiger partial charge >= 0.3 is 6.03 Å². The van der Waals surface area contributed by atoms with Crippen LogP contribution in [-0.2, 0) is 0 Å². The first-order valence-electron chi connectivity index (χ1n) is 7.70. The van der Waals surface area contributed by atoms with Crippen LogP contribution in [0.25, 0.3) is 11.3 Å². The SMILES string of the molecule is CC(NC(=O)NC(C)C(C)CO)c1ncc(-c2ccccc2)o1. The van der Waals surface area contributed by atoms with E-state index in [9.17, 15) is 4.79 Å². The van der Waals surface area contributed by atoms with Crippen LogP contribution in [0.2, 0.25) is 0 Å². The van der Waals surface area contributed by atoms with Crippen molar-refractivity contribution in [2.24, 2.45) is 5.92 Å². The Labute approximate surface area is 135 Å². The van der Waals surface area contributed by atoms with Crippen LogP contribution in [0.3, 0.4) is 0 Å². The standard InChI is InChI=1S/C17H23N3O3/c1-11(10-21)12(2)19-17(22)20-13(3)16-18-9-15(23-16)14-7-5-4-6-8-14/h4-9,11-13,21H,10H2,1-3H3,(H2,19,20,22). The summed E-state index contributed by atoms with van der Waals surface area (Å²) in [6.07, 6.45) is 1.65. The Bertz CT molecular complexity index is 627. The van der Waals surface area contributed by atoms with E-state index in [1.54, 1.807) is 13.1 Å². The third kappa shape index (κ3) is 4.56. The highest BCUT2D eigenvalue weighted by molar-refractivity contribution is 5.74. The molecule has 0 saturated heterocycles. The average molecular weight is 317 g/mol. The quantitative estimate of drug-likeness (QED) is 0.764. The van der Waals surface area contributed by atoms with Crippen molar-refractivity contribution in [3.8, 4) is 11.3 Å². The van der Waals surface area contributed by atoms with Gasteiger partial charge in [0.1, 0.15) is 6.04 Å². The van der Waals surface area contributed by atoms with Crippen molar-refractivity contribution in [3.63, 3.8) is 0 Å². The summed E-state index contributed by atoms with van der Waals surface area (Å²) in [5, 5.41) is 14.7. The molecule has 0 saturated carbocycles. The second kappa shape index (κ2) is 7.78. The highest BCUT2D eigenvalue weighted by Gasteiger charge is 2.18. The summed E-state index contributed by atoms with van der Waals surface area (Å²) in [6.45, 7) is 5.55. The maximum Gasteiger partial charge on any atom is 0.315 e. The van der Waals surface area contributed by atoms with E-state index in [2.05, 4.69) is 15.6 Å². The zero-order valence-electron chi connectivity index (χ0n) is 13.6. The van der Waals surface area contributed by atoms with Crippen LogP contribution in [0, 0.1) is 5.92 Å². The van der Waals surface area contributed by atoms with E-state index in [0.29, 0.717) is 11.7 Å². The summed E-state index contributed by atoms with van der Waals surface area (Å²) in [5.41, 5.74) is 0.938. The van der Waals surface area contributed by atoms with Gasteiger partial charge in [0, 0.05) is 18.2 Å². The molecule has 23 heavy (non-hydrogen) atoms. The van der Waals surface area contributed by atoms with Crippen LogP contribution in [0.15, 0.2) is 40.9 Å². The molecule has 0 aliphatic rings. The lowest BCUT2D eigenvalue weighted by Gasteiger charge is -2.20. The molecule has 6 heteroatoms. The van der Waals surface area contributed by atoms with Crippen molar-refractivity contribution in [3.05, 3.63) is 42.4 Å². The molecule has 3 unspecified atom stereocenters. The maximum absolute atomic E-state index is 12.0. The largest absolute Gasteiger partial charge is 0.438 e. The van der Waals surface area contributed by atoms with Crippen LogP contribution in [0.4, 0.5) is 4.79 Å². The van der Waals surface area contributed by atoms with Crippen molar-refractivity contribution in [1.29, 1.82) is 0 Å². The van der Waals surface area contributed by atoms with Crippen LogP contribution >= 0.6 is 0 Å². The number of aromatic nitrogens is 1. The van der Waals surface area contributed by atoms with Crippen LogP contribution in [0.5, 0.6) is 0 Å². The fraction of sp³-hybridized carbons (Fsp3) is 0.412. The van der Waals surface area contributed by atoms with Gasteiger partial charge in [-0.05, 0) is 19.8 Å². The number of nitrogens with zero attached hydrogens (tertiary/aromatic N) is 1. The molecular weight excluding hydrogens is 294 g/mol. The van der Waals surface area contributed by atoms with Gasteiger partial charge in [-0.15, -0.1) is 0 Å². The van der Waals surface area contributed by atoms with Crippen molar-refractivity contribution in [2.45, 2.75) is 32.9 Å². The molecule has 0 aliphatic heterocycles. The molecule has 2 aromatic rings. The minimum atomic E-state index is -0.357. The predicted octanol–water partition coefficient (Wildman–Crippen LogP) is 2.72. The Morgan fingerprint density at radius 2 is 1.91 bits per heavy atom. The molecule has 0 bridgehead atoms. The van der Waals surface area contributed by atoms with E-state index in [1.807, 2.05) is 44.2 Å². The molecule has 0 radical (unpaired) electrons. The number of oxazole rings is 1. The Hall–Kier alpha value is -2.34. The molecule has 1 aromatic carbocycles. The first-order valence-corrected chi connectivity index (χ1v) is 7.70. The van der Waals surface area contributed by atoms with Gasteiger partial charge in [0.05, 0.1) is 6.20 Å². The molecule has 6 nitrogen and oxygen atoms in total. The summed E-state index contributed by atoms with van der Waals surface area (Å²) in [5.74, 6) is 1.10. The van der Waals surface area contributed by atoms with E-state index in [-0.39, 0.29) is 30.6 Å². The number of carbonyl (C=O) groups excluding carboxylic acids is 1. The van der Waals surface area contributed by atoms with Gasteiger partial charge in [-0.25, -0.2) is 9.78 Å². The summed E-state index contributed by atoms with van der Waals surface area (Å²) in [6, 6.07) is 8.86. The fourth-order valence-corrected chi connectivity index (χ4v) is 2.03. The third-order valence-electron chi connectivity index (χ3n) is 3.80. The molecule has 1 heterocycles. The second-order valence-corrected chi connectivity index (χ2v) is 5.72. The fourth-order valence-electron chi connectivity index (χ4n) is 2.03. The Balaban J connectivity index is 1.95. The van der Waals surface area contributed by atoms with Crippen LogP contribution < -0.4 is 10.6 Å². The number of aliphatic hydroxyl groups excluding tert-OH is 1. The van der Waals surface area contributed by atoms with Crippen molar-refractivity contribution < 1.29 is 14.3 Å². The van der Waals surface area contributed by atoms with Gasteiger partial charge in [0.2, 0.25) is 5.89 Å². The predicted molar refractivity (Wildman–Crippen MR) is 87.7 cm³/mol. The number of urea groups is 1. The minimum Gasteiger partial charge on any atom is -0.438 e. The second-order valence-electron chi connectivity index (χ2n) is 5.72. The number of nitrogens with one attached hydrogen (secondary N) is 2. The van der Waals surface area contributed by atoms with Crippen LogP contribution in [-0.4, -0.2) is 28.8 Å². The number of amides is 2. The highest BCUT2D eigenvalue weighted by atomic mass is 16.4. The molecule has 0 aliphatic carbocycles. The van der Waals surface area contributed by atoms with Gasteiger partial charge in [-0.1, -0.05) is 37.3 Å². The highest BCUT2D eigenvalue weighted by Crippen LogP contribution is 2.22. The molecule has 124 valence electrons. The smallest absolute Gasteiger partial charge is 0.315 e. The molecule has 0 spiro atoms. The van der Waals surface area contributed by atoms with Crippen LogP contribution in [0.1, 0.15) is 32.7 Å². The first-order chi connectivity index (χ1) is 11.0. The molecule has 2 rings (SSSR count). The molecule has 3 atom stereocenters. The van der Waals surface area contributed by atoms with E-state index in [1.165, 1.54) is 0 Å². The topological polar surface area (TPSA) is 87.4 Å². The van der Waals surface area contributed by atoms with Gasteiger partial charge in [0.25, 0.3) is 0 Å². The van der Waals surface area contributed by atoms with E-state index in [0.717, 1.165) is 5.56 Å². The molecule has 0 fully saturated rings. The van der Waals surface area contributed by atoms with Gasteiger partial charge < -0.3 is 20.2 Å². The lowest BCUT2D eigenvalue weighted by Crippen LogP contribution is -2.45. The third-order valence-corrected chi connectivity index (χ3v) is 3.80. The van der Waals surface area contributed by atoms with Crippen molar-refractivity contribution in [1.82, 2.24) is 15.6 Å². The monoisotopic (exact) mass is 317 g/mol. The summed E-state index contributed by atoms with van der Waals surface area (Å²) < 4.78 is 5.71.